The fourth-order valence-electron chi connectivity index (χ4n) is 2.25. The van der Waals surface area contributed by atoms with E-state index in [1.807, 2.05) is 24.6 Å². The number of aromatic nitrogens is 2. The molecule has 4 nitrogen and oxygen atoms in total. The van der Waals surface area contributed by atoms with Gasteiger partial charge in [0.15, 0.2) is 0 Å². The van der Waals surface area contributed by atoms with Crippen LogP contribution in [-0.2, 0) is 6.54 Å². The van der Waals surface area contributed by atoms with Gasteiger partial charge in [-0.1, -0.05) is 18.5 Å². The highest BCUT2D eigenvalue weighted by atomic mass is 79.9. The maximum atomic E-state index is 12.2. The molecule has 6 heteroatoms. The summed E-state index contributed by atoms with van der Waals surface area (Å²) in [6.45, 7) is 7.46. The van der Waals surface area contributed by atoms with Crippen LogP contribution in [0.4, 0.5) is 0 Å². The van der Waals surface area contributed by atoms with Gasteiger partial charge in [-0.2, -0.15) is 5.10 Å². The molecule has 0 saturated heterocycles. The Hall–Kier alpha value is -1.33. The Balaban J connectivity index is 1.93. The molecule has 1 amide bonds. The highest BCUT2D eigenvalue weighted by Gasteiger charge is 2.13. The third-order valence-corrected chi connectivity index (χ3v) is 4.30. The molecule has 1 aromatic heterocycles. The van der Waals surface area contributed by atoms with Gasteiger partial charge in [0.1, 0.15) is 0 Å². The van der Waals surface area contributed by atoms with Gasteiger partial charge in [0.05, 0.1) is 11.3 Å². The van der Waals surface area contributed by atoms with Gasteiger partial charge in [-0.3, -0.25) is 9.48 Å². The molecule has 0 aliphatic rings. The number of hydrogen-bond donors (Lipinski definition) is 1. The van der Waals surface area contributed by atoms with E-state index in [1.165, 1.54) is 0 Å². The molecule has 0 saturated carbocycles. The second kappa shape index (κ2) is 7.29. The number of benzene rings is 1. The zero-order valence-electron chi connectivity index (χ0n) is 12.9. The molecule has 2 aromatic rings. The number of halogens is 2. The van der Waals surface area contributed by atoms with Crippen molar-refractivity contribution in [2.24, 2.45) is 5.92 Å². The Morgan fingerprint density at radius 3 is 2.77 bits per heavy atom. The maximum Gasteiger partial charge on any atom is 0.252 e. The van der Waals surface area contributed by atoms with Gasteiger partial charge in [-0.15, -0.1) is 0 Å². The average Bonchev–Trinajstić information content (AvgIpc) is 2.77. The molecule has 0 spiro atoms. The summed E-state index contributed by atoms with van der Waals surface area (Å²) in [5, 5.41) is 7.93. The van der Waals surface area contributed by atoms with Crippen LogP contribution in [0.15, 0.2) is 28.7 Å². The molecule has 0 fully saturated rings. The molecule has 2 rings (SSSR count). The number of nitrogens with zero attached hydrogens (tertiary/aromatic N) is 2. The van der Waals surface area contributed by atoms with Crippen molar-refractivity contribution in [1.82, 2.24) is 15.1 Å². The summed E-state index contributed by atoms with van der Waals surface area (Å²) in [6, 6.07) is 7.23. The van der Waals surface area contributed by atoms with Crippen LogP contribution in [0, 0.1) is 19.8 Å². The van der Waals surface area contributed by atoms with Crippen molar-refractivity contribution in [2.45, 2.75) is 27.3 Å². The van der Waals surface area contributed by atoms with Crippen molar-refractivity contribution in [3.05, 3.63) is 50.7 Å². The van der Waals surface area contributed by atoms with Gasteiger partial charge >= 0.3 is 0 Å². The third-order valence-electron chi connectivity index (χ3n) is 3.37. The number of hydrogen-bond acceptors (Lipinski definition) is 2. The molecule has 0 aliphatic carbocycles. The molecule has 0 bridgehead atoms. The van der Waals surface area contributed by atoms with Gasteiger partial charge in [0, 0.05) is 28.3 Å². The first-order valence-corrected chi connectivity index (χ1v) is 8.28. The molecule has 0 radical (unpaired) electrons. The largest absolute Gasteiger partial charge is 0.352 e. The Labute approximate surface area is 144 Å². The predicted octanol–water partition coefficient (Wildman–Crippen LogP) is 3.98. The summed E-state index contributed by atoms with van der Waals surface area (Å²) >= 11 is 9.31. The number of aryl methyl sites for hydroxylation is 2. The molecule has 1 aromatic carbocycles. The lowest BCUT2D eigenvalue weighted by Gasteiger charge is -2.14. The van der Waals surface area contributed by atoms with Gasteiger partial charge in [0.2, 0.25) is 0 Å². The smallest absolute Gasteiger partial charge is 0.252 e. The second-order valence-corrected chi connectivity index (χ2v) is 6.84. The van der Waals surface area contributed by atoms with Crippen LogP contribution in [0.5, 0.6) is 0 Å². The molecule has 1 N–H and O–H groups in total. The van der Waals surface area contributed by atoms with Gasteiger partial charge in [-0.25, -0.2) is 0 Å². The standard InChI is InChI=1S/C16H19BrClN3O/c1-10(9-21-12(3)6-11(2)20-21)8-19-16(22)14-7-13(18)4-5-15(14)17/h4-7,10H,8-9H2,1-3H3,(H,19,22). The summed E-state index contributed by atoms with van der Waals surface area (Å²) in [6.07, 6.45) is 0. The van der Waals surface area contributed by atoms with E-state index in [9.17, 15) is 4.79 Å². The van der Waals surface area contributed by atoms with Crippen LogP contribution in [0.25, 0.3) is 0 Å². The number of carbonyl (C=O) groups excluding carboxylic acids is 1. The van der Waals surface area contributed by atoms with Crippen LogP contribution >= 0.6 is 27.5 Å². The third kappa shape index (κ3) is 4.34. The highest BCUT2D eigenvalue weighted by Crippen LogP contribution is 2.21. The minimum absolute atomic E-state index is 0.130. The Bertz CT molecular complexity index is 684. The van der Waals surface area contributed by atoms with E-state index in [4.69, 9.17) is 11.6 Å². The minimum Gasteiger partial charge on any atom is -0.352 e. The van der Waals surface area contributed by atoms with Crippen molar-refractivity contribution in [3.8, 4) is 0 Å². The van der Waals surface area contributed by atoms with Crippen LogP contribution in [0.3, 0.4) is 0 Å². The van der Waals surface area contributed by atoms with Crippen molar-refractivity contribution < 1.29 is 4.79 Å². The summed E-state index contributed by atoms with van der Waals surface area (Å²) < 4.78 is 2.71. The first-order valence-electron chi connectivity index (χ1n) is 7.11. The van der Waals surface area contributed by atoms with Crippen LogP contribution < -0.4 is 5.32 Å². The van der Waals surface area contributed by atoms with E-state index in [0.717, 1.165) is 22.4 Å². The molecule has 1 unspecified atom stereocenters. The summed E-state index contributed by atoms with van der Waals surface area (Å²) in [7, 11) is 0. The molecule has 0 aliphatic heterocycles. The van der Waals surface area contributed by atoms with E-state index in [1.54, 1.807) is 18.2 Å². The zero-order chi connectivity index (χ0) is 16.3. The summed E-state index contributed by atoms with van der Waals surface area (Å²) in [5.74, 6) is 0.148. The molecule has 1 atom stereocenters. The fraction of sp³-hybridized carbons (Fsp3) is 0.375. The summed E-state index contributed by atoms with van der Waals surface area (Å²) in [4.78, 5) is 12.2. The molecule has 118 valence electrons. The zero-order valence-corrected chi connectivity index (χ0v) is 15.2. The lowest BCUT2D eigenvalue weighted by atomic mass is 10.1. The number of nitrogens with one attached hydrogen (secondary N) is 1. The van der Waals surface area contributed by atoms with Crippen molar-refractivity contribution >= 4 is 33.4 Å². The van der Waals surface area contributed by atoms with Gasteiger partial charge in [0.25, 0.3) is 5.91 Å². The Morgan fingerprint density at radius 2 is 2.14 bits per heavy atom. The van der Waals surface area contributed by atoms with Crippen molar-refractivity contribution in [1.29, 1.82) is 0 Å². The highest BCUT2D eigenvalue weighted by molar-refractivity contribution is 9.10. The number of carbonyl (C=O) groups is 1. The van der Waals surface area contributed by atoms with E-state index >= 15 is 0 Å². The second-order valence-electron chi connectivity index (χ2n) is 5.55. The first kappa shape index (κ1) is 17.0. The van der Waals surface area contributed by atoms with E-state index < -0.39 is 0 Å². The number of amides is 1. The quantitative estimate of drug-likeness (QED) is 0.847. The van der Waals surface area contributed by atoms with Gasteiger partial charge < -0.3 is 5.32 Å². The lowest BCUT2D eigenvalue weighted by molar-refractivity contribution is 0.0945. The normalized spacial score (nSPS) is 12.2. The molecule has 22 heavy (non-hydrogen) atoms. The van der Waals surface area contributed by atoms with Crippen LogP contribution in [0.1, 0.15) is 28.7 Å². The Morgan fingerprint density at radius 1 is 1.41 bits per heavy atom. The molecular weight excluding hydrogens is 366 g/mol. The topological polar surface area (TPSA) is 46.9 Å². The average molecular weight is 385 g/mol. The Kier molecular flexibility index (Phi) is 5.64. The fourth-order valence-corrected chi connectivity index (χ4v) is 2.85. The molecular formula is C16H19BrClN3O. The maximum absolute atomic E-state index is 12.2. The van der Waals surface area contributed by atoms with E-state index in [0.29, 0.717) is 17.1 Å². The number of rotatable bonds is 5. The van der Waals surface area contributed by atoms with Crippen LogP contribution in [-0.4, -0.2) is 22.2 Å². The van der Waals surface area contributed by atoms with Gasteiger partial charge in [-0.05, 0) is 60.0 Å². The van der Waals surface area contributed by atoms with Crippen molar-refractivity contribution in [3.63, 3.8) is 0 Å². The summed E-state index contributed by atoms with van der Waals surface area (Å²) in [5.41, 5.74) is 2.69. The van der Waals surface area contributed by atoms with E-state index in [-0.39, 0.29) is 11.8 Å². The minimum atomic E-state index is -0.130. The molecule has 1 heterocycles. The van der Waals surface area contributed by atoms with Crippen LogP contribution in [0.2, 0.25) is 5.02 Å². The first-order chi connectivity index (χ1) is 10.4. The monoisotopic (exact) mass is 383 g/mol. The van der Waals surface area contributed by atoms with Crippen molar-refractivity contribution in [2.75, 3.05) is 6.54 Å². The SMILES string of the molecule is Cc1cc(C)n(CC(C)CNC(=O)c2cc(Cl)ccc2Br)n1. The predicted molar refractivity (Wildman–Crippen MR) is 92.4 cm³/mol. The lowest BCUT2D eigenvalue weighted by Crippen LogP contribution is -2.30. The van der Waals surface area contributed by atoms with E-state index in [2.05, 4.69) is 33.3 Å².